The van der Waals surface area contributed by atoms with E-state index in [9.17, 15) is 14.7 Å². The van der Waals surface area contributed by atoms with Crippen LogP contribution in [0.1, 0.15) is 40.5 Å². The van der Waals surface area contributed by atoms with Crippen LogP contribution in [0.4, 0.5) is 0 Å². The fourth-order valence-corrected chi connectivity index (χ4v) is 2.33. The number of methoxy groups -OCH3 is 1. The summed E-state index contributed by atoms with van der Waals surface area (Å²) in [4.78, 5) is 25.7. The summed E-state index contributed by atoms with van der Waals surface area (Å²) in [5.41, 5.74) is -0.585. The second-order valence-corrected chi connectivity index (χ2v) is 6.09. The lowest BCUT2D eigenvalue weighted by atomic mass is 10.1. The van der Waals surface area contributed by atoms with Gasteiger partial charge in [-0.25, -0.2) is 4.79 Å². The summed E-state index contributed by atoms with van der Waals surface area (Å²) in [5, 5.41) is 9.66. The molecule has 0 aliphatic carbocycles. The molecule has 0 aromatic carbocycles. The number of esters is 1. The Morgan fingerprint density at radius 1 is 1.50 bits per heavy atom. The fourth-order valence-electron chi connectivity index (χ4n) is 2.33. The Balaban J connectivity index is 2.75. The quantitative estimate of drug-likeness (QED) is 0.601. The van der Waals surface area contributed by atoms with Crippen LogP contribution < -0.4 is 0 Å². The lowest BCUT2D eigenvalue weighted by molar-refractivity contribution is -0.164. The summed E-state index contributed by atoms with van der Waals surface area (Å²) in [6.45, 7) is 7.52. The van der Waals surface area contributed by atoms with Crippen molar-refractivity contribution in [3.05, 3.63) is 0 Å². The van der Waals surface area contributed by atoms with Crippen molar-refractivity contribution >= 4 is 11.9 Å². The van der Waals surface area contributed by atoms with E-state index in [2.05, 4.69) is 0 Å². The molecule has 6 heteroatoms. The predicted octanol–water partition coefficient (Wildman–Crippen LogP) is 0.920. The molecule has 0 radical (unpaired) electrons. The van der Waals surface area contributed by atoms with Gasteiger partial charge >= 0.3 is 5.97 Å². The van der Waals surface area contributed by atoms with Gasteiger partial charge in [-0.15, -0.1) is 0 Å². The first-order chi connectivity index (χ1) is 9.19. The van der Waals surface area contributed by atoms with E-state index in [4.69, 9.17) is 9.47 Å². The van der Waals surface area contributed by atoms with Gasteiger partial charge in [0.1, 0.15) is 11.6 Å². The van der Waals surface area contributed by atoms with E-state index in [0.29, 0.717) is 13.0 Å². The summed E-state index contributed by atoms with van der Waals surface area (Å²) in [5.74, 6) is -0.853. The van der Waals surface area contributed by atoms with Crippen molar-refractivity contribution in [3.8, 4) is 0 Å². The first kappa shape index (κ1) is 16.9. The van der Waals surface area contributed by atoms with E-state index in [1.807, 2.05) is 6.92 Å². The largest absolute Gasteiger partial charge is 0.458 e. The Bertz CT molecular complexity index is 363. The number of aliphatic hydroxyl groups is 1. The average molecular weight is 287 g/mol. The Morgan fingerprint density at radius 3 is 2.55 bits per heavy atom. The summed E-state index contributed by atoms with van der Waals surface area (Å²) < 4.78 is 10.2. The van der Waals surface area contributed by atoms with Crippen molar-refractivity contribution < 1.29 is 24.2 Å². The number of rotatable bonds is 5. The van der Waals surface area contributed by atoms with Gasteiger partial charge in [0, 0.05) is 26.0 Å². The maximum atomic E-state index is 12.2. The Morgan fingerprint density at radius 2 is 2.10 bits per heavy atom. The molecule has 1 heterocycles. The third kappa shape index (κ3) is 4.18. The molecule has 1 aliphatic heterocycles. The lowest BCUT2D eigenvalue weighted by Crippen LogP contribution is -2.45. The van der Waals surface area contributed by atoms with E-state index in [1.54, 1.807) is 20.8 Å². The number of carbonyl (C=O) groups is 2. The number of hydrogen-bond donors (Lipinski definition) is 1. The molecule has 0 bridgehead atoms. The maximum absolute atomic E-state index is 12.2. The zero-order valence-corrected chi connectivity index (χ0v) is 12.9. The van der Waals surface area contributed by atoms with Gasteiger partial charge in [-0.1, -0.05) is 6.92 Å². The monoisotopic (exact) mass is 287 g/mol. The van der Waals surface area contributed by atoms with Gasteiger partial charge in [0.25, 0.3) is 0 Å². The minimum absolute atomic E-state index is 0.149. The van der Waals surface area contributed by atoms with Crippen molar-refractivity contribution in [2.75, 3.05) is 13.7 Å². The first-order valence-corrected chi connectivity index (χ1v) is 6.92. The van der Waals surface area contributed by atoms with E-state index in [0.717, 1.165) is 0 Å². The topological polar surface area (TPSA) is 76.1 Å². The number of likely N-dealkylation sites (tertiary alicyclic amines) is 1. The van der Waals surface area contributed by atoms with Gasteiger partial charge in [0.2, 0.25) is 5.91 Å². The van der Waals surface area contributed by atoms with Crippen molar-refractivity contribution in [2.24, 2.45) is 5.92 Å². The third-order valence-electron chi connectivity index (χ3n) is 3.27. The number of amides is 1. The summed E-state index contributed by atoms with van der Waals surface area (Å²) >= 11 is 0. The zero-order valence-electron chi connectivity index (χ0n) is 12.9. The highest BCUT2D eigenvalue weighted by atomic mass is 16.6. The van der Waals surface area contributed by atoms with Crippen LogP contribution in [0.25, 0.3) is 0 Å². The molecule has 0 aromatic heterocycles. The van der Waals surface area contributed by atoms with Gasteiger partial charge in [0.15, 0.2) is 6.29 Å². The minimum Gasteiger partial charge on any atom is -0.458 e. The van der Waals surface area contributed by atoms with Gasteiger partial charge in [-0.2, -0.15) is 0 Å². The van der Waals surface area contributed by atoms with Crippen molar-refractivity contribution in [3.63, 3.8) is 0 Å². The zero-order chi connectivity index (χ0) is 15.5. The standard InChI is InChI=1S/C14H25NO5/c1-6-10(13(18)20-14(2,3)4)15-8-9(7-11(15)16)12(17)19-5/h9-10,12,17H,6-8H2,1-5H3. The molecule has 1 rings (SSSR count). The Hall–Kier alpha value is -1.14. The number of nitrogens with zero attached hydrogens (tertiary/aromatic N) is 1. The van der Waals surface area contributed by atoms with E-state index in [-0.39, 0.29) is 18.2 Å². The third-order valence-corrected chi connectivity index (χ3v) is 3.27. The lowest BCUT2D eigenvalue weighted by Gasteiger charge is -2.29. The smallest absolute Gasteiger partial charge is 0.329 e. The highest BCUT2D eigenvalue weighted by molar-refractivity contribution is 5.86. The molecule has 0 aromatic rings. The van der Waals surface area contributed by atoms with E-state index >= 15 is 0 Å². The molecule has 1 saturated heterocycles. The van der Waals surface area contributed by atoms with Gasteiger partial charge in [-0.05, 0) is 27.2 Å². The van der Waals surface area contributed by atoms with E-state index < -0.39 is 23.9 Å². The molecule has 0 saturated carbocycles. The number of aliphatic hydroxyl groups excluding tert-OH is 1. The molecule has 20 heavy (non-hydrogen) atoms. The summed E-state index contributed by atoms with van der Waals surface area (Å²) in [6, 6.07) is -0.601. The van der Waals surface area contributed by atoms with Crippen LogP contribution in [0.3, 0.4) is 0 Å². The van der Waals surface area contributed by atoms with Gasteiger partial charge in [-0.3, -0.25) is 4.79 Å². The van der Waals surface area contributed by atoms with Crippen LogP contribution in [0.5, 0.6) is 0 Å². The Kier molecular flexibility index (Phi) is 5.53. The Labute approximate surface area is 120 Å². The van der Waals surface area contributed by atoms with Crippen LogP contribution in [0, 0.1) is 5.92 Å². The molecule has 0 spiro atoms. The highest BCUT2D eigenvalue weighted by Gasteiger charge is 2.41. The number of carbonyl (C=O) groups excluding carboxylic acids is 2. The minimum atomic E-state index is -0.986. The van der Waals surface area contributed by atoms with Gasteiger partial charge < -0.3 is 19.5 Å². The average Bonchev–Trinajstić information content (AvgIpc) is 2.69. The molecule has 1 fully saturated rings. The molecule has 1 amide bonds. The van der Waals surface area contributed by atoms with Crippen LogP contribution in [-0.2, 0) is 19.1 Å². The van der Waals surface area contributed by atoms with Crippen LogP contribution in [0.2, 0.25) is 0 Å². The maximum Gasteiger partial charge on any atom is 0.329 e. The molecule has 1 aliphatic rings. The van der Waals surface area contributed by atoms with Crippen LogP contribution in [0.15, 0.2) is 0 Å². The summed E-state index contributed by atoms with van der Waals surface area (Å²) in [7, 11) is 1.39. The van der Waals surface area contributed by atoms with Gasteiger partial charge in [0.05, 0.1) is 0 Å². The van der Waals surface area contributed by atoms with E-state index in [1.165, 1.54) is 12.0 Å². The molecule has 3 atom stereocenters. The predicted molar refractivity (Wildman–Crippen MR) is 72.8 cm³/mol. The van der Waals surface area contributed by atoms with Crippen LogP contribution >= 0.6 is 0 Å². The van der Waals surface area contributed by atoms with Crippen molar-refractivity contribution in [1.29, 1.82) is 0 Å². The first-order valence-electron chi connectivity index (χ1n) is 6.92. The van der Waals surface area contributed by atoms with Crippen molar-refractivity contribution in [2.45, 2.75) is 58.5 Å². The molecular formula is C14H25NO5. The molecule has 3 unspecified atom stereocenters. The SMILES string of the molecule is CCC(C(=O)OC(C)(C)C)N1CC(C(O)OC)CC1=O. The summed E-state index contributed by atoms with van der Waals surface area (Å²) in [6.07, 6.45) is -0.315. The molecule has 6 nitrogen and oxygen atoms in total. The molecule has 1 N–H and O–H groups in total. The number of ether oxygens (including phenoxy) is 2. The van der Waals surface area contributed by atoms with Crippen LogP contribution in [-0.4, -0.2) is 53.5 Å². The molecule has 116 valence electrons. The van der Waals surface area contributed by atoms with Crippen molar-refractivity contribution in [1.82, 2.24) is 4.90 Å². The number of hydrogen-bond acceptors (Lipinski definition) is 5. The second-order valence-electron chi connectivity index (χ2n) is 6.09. The highest BCUT2D eigenvalue weighted by Crippen LogP contribution is 2.25. The fraction of sp³-hybridized carbons (Fsp3) is 0.857. The molecular weight excluding hydrogens is 262 g/mol. The second kappa shape index (κ2) is 6.54. The normalized spacial score (nSPS) is 22.8.